The van der Waals surface area contributed by atoms with Gasteiger partial charge in [-0.25, -0.2) is 16.8 Å². The molecule has 0 saturated carbocycles. The van der Waals surface area contributed by atoms with Gasteiger partial charge in [0.15, 0.2) is 19.7 Å². The van der Waals surface area contributed by atoms with E-state index in [2.05, 4.69) is 5.32 Å². The normalized spacial score (nSPS) is 21.2. The molecule has 0 unspecified atom stereocenters. The van der Waals surface area contributed by atoms with Crippen molar-refractivity contribution in [1.29, 1.82) is 0 Å². The average molecular weight is 458 g/mol. The van der Waals surface area contributed by atoms with Crippen LogP contribution in [-0.4, -0.2) is 46.7 Å². The van der Waals surface area contributed by atoms with Gasteiger partial charge in [0.05, 0.1) is 28.8 Å². The van der Waals surface area contributed by atoms with Gasteiger partial charge in [-0.2, -0.15) is 0 Å². The second-order valence-corrected chi connectivity index (χ2v) is 12.0. The number of benzene rings is 2. The first-order chi connectivity index (χ1) is 13.5. The Labute approximate surface area is 177 Å². The van der Waals surface area contributed by atoms with Crippen molar-refractivity contribution in [2.75, 3.05) is 18.6 Å². The molecule has 6 nitrogen and oxygen atoms in total. The fourth-order valence-corrected chi connectivity index (χ4v) is 8.88. The molecule has 0 bridgehead atoms. The summed E-state index contributed by atoms with van der Waals surface area (Å²) in [5.74, 6) is -0.0378. The SMILES string of the molecule is COc1cc(C)c(S(=O)(=O)[C@H]2CS(=O)(=O)C[C@@H]2NCc2ccccc2Cl)cc1C. The third kappa shape index (κ3) is 4.60. The van der Waals surface area contributed by atoms with E-state index >= 15 is 0 Å². The maximum atomic E-state index is 13.4. The summed E-state index contributed by atoms with van der Waals surface area (Å²) in [5.41, 5.74) is 1.99. The van der Waals surface area contributed by atoms with Gasteiger partial charge in [-0.1, -0.05) is 29.8 Å². The number of nitrogens with one attached hydrogen (secondary N) is 1. The number of halogens is 1. The molecule has 2 atom stereocenters. The highest BCUT2D eigenvalue weighted by atomic mass is 35.5. The minimum atomic E-state index is -3.88. The van der Waals surface area contributed by atoms with Gasteiger partial charge < -0.3 is 10.1 Å². The predicted octanol–water partition coefficient (Wildman–Crippen LogP) is 2.69. The number of sulfone groups is 2. The monoisotopic (exact) mass is 457 g/mol. The number of hydrogen-bond acceptors (Lipinski definition) is 6. The van der Waals surface area contributed by atoms with Crippen molar-refractivity contribution in [3.05, 3.63) is 58.1 Å². The summed E-state index contributed by atoms with van der Waals surface area (Å²) in [6.07, 6.45) is 0. The van der Waals surface area contributed by atoms with Crippen molar-refractivity contribution in [1.82, 2.24) is 5.32 Å². The Morgan fingerprint density at radius 3 is 2.48 bits per heavy atom. The maximum Gasteiger partial charge on any atom is 0.184 e. The van der Waals surface area contributed by atoms with Crippen molar-refractivity contribution < 1.29 is 21.6 Å². The summed E-state index contributed by atoms with van der Waals surface area (Å²) in [7, 11) is -5.85. The first-order valence-corrected chi connectivity index (χ1v) is 12.9. The van der Waals surface area contributed by atoms with Crippen LogP contribution in [0.15, 0.2) is 41.3 Å². The number of ether oxygens (including phenoxy) is 1. The molecular formula is C20H24ClNO5S2. The molecule has 0 amide bonds. The molecule has 3 rings (SSSR count). The average Bonchev–Trinajstić information content (AvgIpc) is 2.98. The first kappa shape index (κ1) is 22.1. The Kier molecular flexibility index (Phi) is 6.29. The molecular weight excluding hydrogens is 434 g/mol. The molecule has 0 spiro atoms. The smallest absolute Gasteiger partial charge is 0.184 e. The van der Waals surface area contributed by atoms with Gasteiger partial charge in [0.25, 0.3) is 0 Å². The third-order valence-electron chi connectivity index (χ3n) is 5.21. The zero-order valence-corrected chi connectivity index (χ0v) is 18.9. The van der Waals surface area contributed by atoms with E-state index in [0.717, 1.165) is 5.56 Å². The van der Waals surface area contributed by atoms with E-state index in [1.165, 1.54) is 7.11 Å². The molecule has 1 aliphatic rings. The van der Waals surface area contributed by atoms with Gasteiger partial charge in [-0.15, -0.1) is 0 Å². The van der Waals surface area contributed by atoms with Crippen LogP contribution in [0.4, 0.5) is 0 Å². The predicted molar refractivity (Wildman–Crippen MR) is 114 cm³/mol. The van der Waals surface area contributed by atoms with Crippen LogP contribution in [0.3, 0.4) is 0 Å². The molecule has 9 heteroatoms. The number of hydrogen-bond donors (Lipinski definition) is 1. The van der Waals surface area contributed by atoms with Crippen molar-refractivity contribution in [2.24, 2.45) is 0 Å². The van der Waals surface area contributed by atoms with E-state index in [1.54, 1.807) is 38.1 Å². The Bertz CT molecular complexity index is 1130. The molecule has 2 aromatic carbocycles. The highest BCUT2D eigenvalue weighted by molar-refractivity contribution is 7.96. The topological polar surface area (TPSA) is 89.5 Å². The summed E-state index contributed by atoms with van der Waals surface area (Å²) in [6, 6.07) is 9.68. The number of rotatable bonds is 6. The van der Waals surface area contributed by atoms with E-state index in [1.807, 2.05) is 12.1 Å². The van der Waals surface area contributed by atoms with Gasteiger partial charge >= 0.3 is 0 Å². The lowest BCUT2D eigenvalue weighted by Crippen LogP contribution is -2.43. The summed E-state index contributed by atoms with van der Waals surface area (Å²) in [5, 5.41) is 2.58. The van der Waals surface area contributed by atoms with Crippen LogP contribution in [0.5, 0.6) is 5.75 Å². The van der Waals surface area contributed by atoms with Crippen LogP contribution in [0.25, 0.3) is 0 Å². The van der Waals surface area contributed by atoms with Gasteiger partial charge in [-0.3, -0.25) is 0 Å². The molecule has 1 aliphatic heterocycles. The molecule has 0 aromatic heterocycles. The van der Waals surface area contributed by atoms with Gasteiger partial charge in [0.1, 0.15) is 5.75 Å². The summed E-state index contributed by atoms with van der Waals surface area (Å²) in [4.78, 5) is 0.141. The van der Waals surface area contributed by atoms with Crippen LogP contribution in [-0.2, 0) is 26.2 Å². The molecule has 29 heavy (non-hydrogen) atoms. The fourth-order valence-electron chi connectivity index (χ4n) is 3.65. The molecule has 1 saturated heterocycles. The second-order valence-electron chi connectivity index (χ2n) is 7.33. The van der Waals surface area contributed by atoms with Crippen LogP contribution in [0.1, 0.15) is 16.7 Å². The summed E-state index contributed by atoms with van der Waals surface area (Å²) in [6.45, 7) is 3.73. The standard InChI is InChI=1S/C20H24ClNO5S2/c1-13-9-19(14(2)8-18(13)27-3)29(25,26)20-12-28(23,24)11-17(20)22-10-15-6-4-5-7-16(15)21/h4-9,17,20,22H,10-12H2,1-3H3/t17-,20-/m0/s1. The minimum Gasteiger partial charge on any atom is -0.496 e. The van der Waals surface area contributed by atoms with Crippen LogP contribution in [0, 0.1) is 13.8 Å². The third-order valence-corrected chi connectivity index (χ3v) is 9.87. The zero-order valence-electron chi connectivity index (χ0n) is 16.5. The minimum absolute atomic E-state index is 0.141. The number of aryl methyl sites for hydroxylation is 2. The van der Waals surface area contributed by atoms with Crippen molar-refractivity contribution in [3.8, 4) is 5.75 Å². The Balaban J connectivity index is 1.94. The molecule has 1 fully saturated rings. The Morgan fingerprint density at radius 2 is 1.83 bits per heavy atom. The van der Waals surface area contributed by atoms with E-state index < -0.39 is 36.7 Å². The maximum absolute atomic E-state index is 13.4. The molecule has 1 N–H and O–H groups in total. The lowest BCUT2D eigenvalue weighted by atomic mass is 10.1. The second kappa shape index (κ2) is 8.26. The molecule has 158 valence electrons. The molecule has 1 heterocycles. The Hall–Kier alpha value is -1.61. The molecule has 0 radical (unpaired) electrons. The molecule has 0 aliphatic carbocycles. The largest absolute Gasteiger partial charge is 0.496 e. The van der Waals surface area contributed by atoms with Crippen molar-refractivity contribution >= 4 is 31.3 Å². The van der Waals surface area contributed by atoms with E-state index in [9.17, 15) is 16.8 Å². The van der Waals surface area contributed by atoms with E-state index in [-0.39, 0.29) is 17.2 Å². The van der Waals surface area contributed by atoms with Crippen molar-refractivity contribution in [2.45, 2.75) is 36.6 Å². The highest BCUT2D eigenvalue weighted by Gasteiger charge is 2.46. The summed E-state index contributed by atoms with van der Waals surface area (Å²) < 4.78 is 56.7. The zero-order chi connectivity index (χ0) is 21.4. The lowest BCUT2D eigenvalue weighted by molar-refractivity contribution is 0.411. The molecule has 2 aromatic rings. The number of methoxy groups -OCH3 is 1. The van der Waals surface area contributed by atoms with Gasteiger partial charge in [0.2, 0.25) is 0 Å². The quantitative estimate of drug-likeness (QED) is 0.717. The van der Waals surface area contributed by atoms with Crippen LogP contribution in [0.2, 0.25) is 5.02 Å². The fraction of sp³-hybridized carbons (Fsp3) is 0.400. The first-order valence-electron chi connectivity index (χ1n) is 9.11. The van der Waals surface area contributed by atoms with E-state index in [4.69, 9.17) is 16.3 Å². The lowest BCUT2D eigenvalue weighted by Gasteiger charge is -2.22. The van der Waals surface area contributed by atoms with Crippen LogP contribution >= 0.6 is 11.6 Å². The Morgan fingerprint density at radius 1 is 1.14 bits per heavy atom. The van der Waals surface area contributed by atoms with Gasteiger partial charge in [-0.05, 0) is 48.7 Å². The highest BCUT2D eigenvalue weighted by Crippen LogP contribution is 2.32. The van der Waals surface area contributed by atoms with Crippen molar-refractivity contribution in [3.63, 3.8) is 0 Å². The summed E-state index contributed by atoms with van der Waals surface area (Å²) >= 11 is 6.17. The van der Waals surface area contributed by atoms with E-state index in [0.29, 0.717) is 21.9 Å². The van der Waals surface area contributed by atoms with Gasteiger partial charge in [0, 0.05) is 17.6 Å². The van der Waals surface area contributed by atoms with Crippen LogP contribution < -0.4 is 10.1 Å².